The molecule has 5 heterocycles. The van der Waals surface area contributed by atoms with Gasteiger partial charge in [0.25, 0.3) is 6.01 Å². The SMILES string of the molecule is Cc1ccc2oc(N3CCC(C(=O)N4CCC(c5ccn[nH]5)C4)CC3)nc2n1. The van der Waals surface area contributed by atoms with Crippen LogP contribution in [0.4, 0.5) is 6.01 Å². The molecule has 1 atom stereocenters. The van der Waals surface area contributed by atoms with Crippen molar-refractivity contribution in [1.29, 1.82) is 0 Å². The molecule has 0 spiro atoms. The van der Waals surface area contributed by atoms with E-state index < -0.39 is 0 Å². The molecule has 3 aromatic heterocycles. The molecule has 1 unspecified atom stereocenters. The number of pyridine rings is 1. The monoisotopic (exact) mass is 380 g/mol. The quantitative estimate of drug-likeness (QED) is 0.751. The summed E-state index contributed by atoms with van der Waals surface area (Å²) in [4.78, 5) is 26.1. The number of hydrogen-bond donors (Lipinski definition) is 1. The van der Waals surface area contributed by atoms with Crippen LogP contribution in [-0.4, -0.2) is 57.2 Å². The Labute approximate surface area is 162 Å². The number of piperidine rings is 1. The smallest absolute Gasteiger partial charge is 0.299 e. The maximum absolute atomic E-state index is 13.0. The maximum atomic E-state index is 13.0. The fourth-order valence-corrected chi connectivity index (χ4v) is 4.32. The van der Waals surface area contributed by atoms with Crippen LogP contribution in [0, 0.1) is 12.8 Å². The van der Waals surface area contributed by atoms with Crippen LogP contribution in [0.5, 0.6) is 0 Å². The van der Waals surface area contributed by atoms with Gasteiger partial charge in [-0.25, -0.2) is 4.98 Å². The number of nitrogens with one attached hydrogen (secondary N) is 1. The van der Waals surface area contributed by atoms with Crippen molar-refractivity contribution in [2.24, 2.45) is 5.92 Å². The number of hydrogen-bond acceptors (Lipinski definition) is 6. The number of nitrogens with zero attached hydrogens (tertiary/aromatic N) is 5. The summed E-state index contributed by atoms with van der Waals surface area (Å²) >= 11 is 0. The second kappa shape index (κ2) is 6.92. The lowest BCUT2D eigenvalue weighted by atomic mass is 9.95. The molecule has 8 heteroatoms. The van der Waals surface area contributed by atoms with E-state index in [1.165, 1.54) is 0 Å². The van der Waals surface area contributed by atoms with Crippen molar-refractivity contribution in [3.8, 4) is 0 Å². The number of H-pyrrole nitrogens is 1. The molecule has 2 saturated heterocycles. The highest BCUT2D eigenvalue weighted by molar-refractivity contribution is 5.79. The molecular formula is C20H24N6O2. The highest BCUT2D eigenvalue weighted by Gasteiger charge is 2.34. The first-order valence-electron chi connectivity index (χ1n) is 9.94. The van der Waals surface area contributed by atoms with E-state index in [1.807, 2.05) is 30.0 Å². The van der Waals surface area contributed by atoms with Gasteiger partial charge in [0.1, 0.15) is 0 Å². The summed E-state index contributed by atoms with van der Waals surface area (Å²) in [6.07, 6.45) is 4.44. The lowest BCUT2D eigenvalue weighted by Gasteiger charge is -2.32. The largest absolute Gasteiger partial charge is 0.422 e. The zero-order valence-electron chi connectivity index (χ0n) is 16.0. The molecule has 2 aliphatic heterocycles. The van der Waals surface area contributed by atoms with Crippen molar-refractivity contribution < 1.29 is 9.21 Å². The lowest BCUT2D eigenvalue weighted by molar-refractivity contribution is -0.135. The first kappa shape index (κ1) is 17.2. The third kappa shape index (κ3) is 3.12. The average Bonchev–Trinajstić information content (AvgIpc) is 3.46. The minimum absolute atomic E-state index is 0.0847. The van der Waals surface area contributed by atoms with Crippen molar-refractivity contribution in [3.05, 3.63) is 35.8 Å². The zero-order chi connectivity index (χ0) is 19.1. The number of fused-ring (bicyclic) bond motifs is 1. The molecule has 8 nitrogen and oxygen atoms in total. The molecule has 0 radical (unpaired) electrons. The summed E-state index contributed by atoms with van der Waals surface area (Å²) in [6, 6.07) is 6.45. The lowest BCUT2D eigenvalue weighted by Crippen LogP contribution is -2.42. The Morgan fingerprint density at radius 3 is 2.79 bits per heavy atom. The normalized spacial score (nSPS) is 21.0. The summed E-state index contributed by atoms with van der Waals surface area (Å²) in [5.74, 6) is 0.750. The van der Waals surface area contributed by atoms with E-state index >= 15 is 0 Å². The van der Waals surface area contributed by atoms with Crippen molar-refractivity contribution in [3.63, 3.8) is 0 Å². The average molecular weight is 380 g/mol. The van der Waals surface area contributed by atoms with E-state index in [9.17, 15) is 4.79 Å². The number of aromatic amines is 1. The van der Waals surface area contributed by atoms with E-state index in [2.05, 4.69) is 25.1 Å². The van der Waals surface area contributed by atoms with Crippen LogP contribution in [0.25, 0.3) is 11.2 Å². The van der Waals surface area contributed by atoms with E-state index in [1.54, 1.807) is 6.20 Å². The second-order valence-corrected chi connectivity index (χ2v) is 7.81. The van der Waals surface area contributed by atoms with Crippen molar-refractivity contribution in [1.82, 2.24) is 25.1 Å². The molecule has 0 aromatic carbocycles. The molecule has 146 valence electrons. The minimum Gasteiger partial charge on any atom is -0.422 e. The van der Waals surface area contributed by atoms with E-state index in [-0.39, 0.29) is 11.8 Å². The Hall–Kier alpha value is -2.90. The standard InChI is InChI=1S/C20H24N6O2/c1-13-2-3-17-18(22-13)23-20(28-17)25-9-5-14(6-10-25)19(27)26-11-7-15(12-26)16-4-8-21-24-16/h2-4,8,14-15H,5-7,9-12H2,1H3,(H,21,24). The Morgan fingerprint density at radius 2 is 2.00 bits per heavy atom. The Morgan fingerprint density at radius 1 is 1.14 bits per heavy atom. The summed E-state index contributed by atoms with van der Waals surface area (Å²) in [5.41, 5.74) is 3.41. The van der Waals surface area contributed by atoms with Crippen molar-refractivity contribution in [2.45, 2.75) is 32.1 Å². The highest BCUT2D eigenvalue weighted by Crippen LogP contribution is 2.30. The third-order valence-electron chi connectivity index (χ3n) is 5.96. The van der Waals surface area contributed by atoms with Gasteiger partial charge in [-0.05, 0) is 44.4 Å². The van der Waals surface area contributed by atoms with Crippen molar-refractivity contribution >= 4 is 23.2 Å². The topological polar surface area (TPSA) is 91.2 Å². The van der Waals surface area contributed by atoms with Gasteiger partial charge >= 0.3 is 0 Å². The third-order valence-corrected chi connectivity index (χ3v) is 5.96. The van der Waals surface area contributed by atoms with E-state index in [0.717, 1.165) is 56.8 Å². The predicted molar refractivity (Wildman–Crippen MR) is 104 cm³/mol. The van der Waals surface area contributed by atoms with Gasteiger partial charge in [0.15, 0.2) is 5.58 Å². The van der Waals surface area contributed by atoms with Crippen molar-refractivity contribution in [2.75, 3.05) is 31.1 Å². The van der Waals surface area contributed by atoms with Crippen LogP contribution in [0.2, 0.25) is 0 Å². The fourth-order valence-electron chi connectivity index (χ4n) is 4.32. The highest BCUT2D eigenvalue weighted by atomic mass is 16.4. The number of likely N-dealkylation sites (tertiary alicyclic amines) is 1. The summed E-state index contributed by atoms with van der Waals surface area (Å²) < 4.78 is 5.86. The van der Waals surface area contributed by atoms with Gasteiger partial charge in [-0.2, -0.15) is 10.1 Å². The molecule has 5 rings (SSSR count). The number of rotatable bonds is 3. The summed E-state index contributed by atoms with van der Waals surface area (Å²) in [6.45, 7) is 5.12. The summed E-state index contributed by atoms with van der Waals surface area (Å²) in [7, 11) is 0. The number of aromatic nitrogens is 4. The number of anilines is 1. The molecule has 2 aliphatic rings. The van der Waals surface area contributed by atoms with Crippen LogP contribution in [0.15, 0.2) is 28.8 Å². The van der Waals surface area contributed by atoms with Gasteiger partial charge in [0, 0.05) is 55.6 Å². The number of carbonyl (C=O) groups excluding carboxylic acids is 1. The second-order valence-electron chi connectivity index (χ2n) is 7.81. The fraction of sp³-hybridized carbons (Fsp3) is 0.500. The Balaban J connectivity index is 1.20. The van der Waals surface area contributed by atoms with Crippen LogP contribution in [0.3, 0.4) is 0 Å². The molecule has 1 N–H and O–H groups in total. The van der Waals surface area contributed by atoms with Crippen LogP contribution >= 0.6 is 0 Å². The summed E-state index contributed by atoms with van der Waals surface area (Å²) in [5, 5.41) is 7.07. The van der Waals surface area contributed by atoms with Gasteiger partial charge in [-0.3, -0.25) is 9.89 Å². The van der Waals surface area contributed by atoms with Gasteiger partial charge < -0.3 is 14.2 Å². The first-order chi connectivity index (χ1) is 13.7. The molecule has 3 aromatic rings. The number of carbonyl (C=O) groups is 1. The number of amides is 1. The van der Waals surface area contributed by atoms with Gasteiger partial charge in [0.05, 0.1) is 0 Å². The van der Waals surface area contributed by atoms with Gasteiger partial charge in [0.2, 0.25) is 11.6 Å². The molecule has 28 heavy (non-hydrogen) atoms. The molecule has 0 saturated carbocycles. The maximum Gasteiger partial charge on any atom is 0.299 e. The van der Waals surface area contributed by atoms with E-state index in [0.29, 0.717) is 23.2 Å². The van der Waals surface area contributed by atoms with E-state index in [4.69, 9.17) is 4.42 Å². The first-order valence-corrected chi connectivity index (χ1v) is 9.94. The Kier molecular flexibility index (Phi) is 4.26. The molecule has 2 fully saturated rings. The van der Waals surface area contributed by atoms with Gasteiger partial charge in [-0.15, -0.1) is 0 Å². The number of aryl methyl sites for hydroxylation is 1. The number of oxazole rings is 1. The van der Waals surface area contributed by atoms with Crippen LogP contribution < -0.4 is 4.90 Å². The molecule has 0 aliphatic carbocycles. The predicted octanol–water partition coefficient (Wildman–Crippen LogP) is 2.49. The van der Waals surface area contributed by atoms with Crippen LogP contribution in [-0.2, 0) is 4.79 Å². The van der Waals surface area contributed by atoms with Gasteiger partial charge in [-0.1, -0.05) is 0 Å². The molecule has 0 bridgehead atoms. The minimum atomic E-state index is 0.0847. The molecule has 1 amide bonds. The Bertz CT molecular complexity index is 974. The zero-order valence-corrected chi connectivity index (χ0v) is 16.0. The van der Waals surface area contributed by atoms with Crippen LogP contribution in [0.1, 0.15) is 36.6 Å². The molecular weight excluding hydrogens is 356 g/mol.